The molecular formula is C32H40FN3O6S. The van der Waals surface area contributed by atoms with Crippen LogP contribution < -0.4 is 19.1 Å². The number of sulfonamides is 1. The lowest BCUT2D eigenvalue weighted by molar-refractivity contribution is -0.140. The van der Waals surface area contributed by atoms with Crippen LogP contribution in [0.15, 0.2) is 65.6 Å². The normalized spacial score (nSPS) is 12.3. The third-order valence-electron chi connectivity index (χ3n) is 6.65. The summed E-state index contributed by atoms with van der Waals surface area (Å²) in [5, 5.41) is 2.88. The van der Waals surface area contributed by atoms with Crippen LogP contribution >= 0.6 is 0 Å². The van der Waals surface area contributed by atoms with Gasteiger partial charge in [-0.3, -0.25) is 13.9 Å². The summed E-state index contributed by atoms with van der Waals surface area (Å²) in [5.41, 5.74) is 1.89. The quantitative estimate of drug-likeness (QED) is 0.327. The summed E-state index contributed by atoms with van der Waals surface area (Å²) in [6.45, 7) is 10.1. The highest BCUT2D eigenvalue weighted by molar-refractivity contribution is 7.92. The van der Waals surface area contributed by atoms with Gasteiger partial charge in [0.25, 0.3) is 10.0 Å². The monoisotopic (exact) mass is 613 g/mol. The molecule has 9 nitrogen and oxygen atoms in total. The molecule has 0 aliphatic carbocycles. The Morgan fingerprint density at radius 2 is 1.49 bits per heavy atom. The van der Waals surface area contributed by atoms with Crippen molar-refractivity contribution in [2.24, 2.45) is 0 Å². The smallest absolute Gasteiger partial charge is 0.264 e. The van der Waals surface area contributed by atoms with Crippen LogP contribution in [0.1, 0.15) is 44.4 Å². The zero-order chi connectivity index (χ0) is 32.1. The first-order valence-corrected chi connectivity index (χ1v) is 15.2. The topological polar surface area (TPSA) is 105 Å². The second kappa shape index (κ2) is 13.5. The highest BCUT2D eigenvalue weighted by Gasteiger charge is 2.34. The van der Waals surface area contributed by atoms with Crippen LogP contribution in [-0.2, 0) is 26.2 Å². The Hall–Kier alpha value is -4.12. The van der Waals surface area contributed by atoms with E-state index in [1.165, 1.54) is 61.6 Å². The minimum Gasteiger partial charge on any atom is -0.493 e. The van der Waals surface area contributed by atoms with E-state index in [9.17, 15) is 22.4 Å². The molecule has 11 heteroatoms. The van der Waals surface area contributed by atoms with Crippen molar-refractivity contribution in [3.05, 3.63) is 83.2 Å². The minimum atomic E-state index is -4.33. The van der Waals surface area contributed by atoms with E-state index in [4.69, 9.17) is 9.47 Å². The summed E-state index contributed by atoms with van der Waals surface area (Å²) in [5.74, 6) is -0.921. The Morgan fingerprint density at radius 1 is 0.907 bits per heavy atom. The van der Waals surface area contributed by atoms with E-state index in [2.05, 4.69) is 5.32 Å². The maximum absolute atomic E-state index is 14.2. The average molecular weight is 614 g/mol. The maximum atomic E-state index is 14.2. The molecule has 3 aromatic carbocycles. The van der Waals surface area contributed by atoms with Gasteiger partial charge in [0.05, 0.1) is 24.8 Å². The number of amides is 2. The van der Waals surface area contributed by atoms with Gasteiger partial charge in [-0.25, -0.2) is 12.8 Å². The standard InChI is InChI=1S/C32H40FN3O6S/c1-21-15-22(2)17-26(16-21)36(43(39,40)27-13-14-28(41-7)29(18-27)42-8)20-30(37)35(19-24-9-11-25(33)12-10-24)23(3)31(38)34-32(4,5)6/h9-18,23H,19-20H2,1-8H3,(H,34,38). The van der Waals surface area contributed by atoms with Crippen molar-refractivity contribution in [3.8, 4) is 11.5 Å². The van der Waals surface area contributed by atoms with Crippen molar-refractivity contribution in [1.82, 2.24) is 10.2 Å². The van der Waals surface area contributed by atoms with Crippen molar-refractivity contribution in [3.63, 3.8) is 0 Å². The number of carbonyl (C=O) groups is 2. The molecule has 1 unspecified atom stereocenters. The Bertz CT molecular complexity index is 1550. The minimum absolute atomic E-state index is 0.0467. The van der Waals surface area contributed by atoms with Gasteiger partial charge in [-0.05, 0) is 94.6 Å². The van der Waals surface area contributed by atoms with Gasteiger partial charge < -0.3 is 19.7 Å². The van der Waals surface area contributed by atoms with Gasteiger partial charge in [-0.15, -0.1) is 0 Å². The molecule has 0 aliphatic heterocycles. The van der Waals surface area contributed by atoms with Gasteiger partial charge in [0, 0.05) is 18.2 Å². The van der Waals surface area contributed by atoms with Crippen LogP contribution in [0, 0.1) is 19.7 Å². The fourth-order valence-electron chi connectivity index (χ4n) is 4.57. The Labute approximate surface area is 253 Å². The van der Waals surface area contributed by atoms with Crippen molar-refractivity contribution >= 4 is 27.5 Å². The van der Waals surface area contributed by atoms with Crippen molar-refractivity contribution in [2.45, 2.75) is 64.6 Å². The number of ether oxygens (including phenoxy) is 2. The van der Waals surface area contributed by atoms with Gasteiger partial charge in [-0.1, -0.05) is 18.2 Å². The Balaban J connectivity index is 2.11. The SMILES string of the molecule is COc1ccc(S(=O)(=O)N(CC(=O)N(Cc2ccc(F)cc2)C(C)C(=O)NC(C)(C)C)c2cc(C)cc(C)c2)cc1OC. The van der Waals surface area contributed by atoms with E-state index < -0.39 is 45.8 Å². The van der Waals surface area contributed by atoms with Crippen LogP contribution in [0.5, 0.6) is 11.5 Å². The summed E-state index contributed by atoms with van der Waals surface area (Å²) in [6.07, 6.45) is 0. The number of benzene rings is 3. The fourth-order valence-corrected chi connectivity index (χ4v) is 5.98. The summed E-state index contributed by atoms with van der Waals surface area (Å²) in [7, 11) is -1.48. The molecule has 1 N–H and O–H groups in total. The molecule has 0 saturated heterocycles. The number of anilines is 1. The third kappa shape index (κ3) is 8.47. The number of aryl methyl sites for hydroxylation is 2. The number of nitrogens with one attached hydrogen (secondary N) is 1. The maximum Gasteiger partial charge on any atom is 0.264 e. The number of methoxy groups -OCH3 is 2. The third-order valence-corrected chi connectivity index (χ3v) is 8.42. The zero-order valence-corrected chi connectivity index (χ0v) is 26.7. The fraction of sp³-hybridized carbons (Fsp3) is 0.375. The van der Waals surface area contributed by atoms with E-state index >= 15 is 0 Å². The van der Waals surface area contributed by atoms with Crippen LogP contribution in [0.4, 0.5) is 10.1 Å². The van der Waals surface area contributed by atoms with E-state index in [1.807, 2.05) is 40.7 Å². The van der Waals surface area contributed by atoms with Gasteiger partial charge in [0.2, 0.25) is 11.8 Å². The molecule has 3 rings (SSSR count). The molecule has 3 aromatic rings. The van der Waals surface area contributed by atoms with E-state index in [-0.39, 0.29) is 22.9 Å². The molecule has 0 heterocycles. The van der Waals surface area contributed by atoms with Crippen molar-refractivity contribution < 1.29 is 31.9 Å². The van der Waals surface area contributed by atoms with Crippen LogP contribution in [0.2, 0.25) is 0 Å². The Morgan fingerprint density at radius 3 is 2.02 bits per heavy atom. The van der Waals surface area contributed by atoms with Crippen molar-refractivity contribution in [1.29, 1.82) is 0 Å². The highest BCUT2D eigenvalue weighted by atomic mass is 32.2. The van der Waals surface area contributed by atoms with Gasteiger partial charge in [0.15, 0.2) is 11.5 Å². The van der Waals surface area contributed by atoms with Crippen LogP contribution in [-0.4, -0.2) is 57.5 Å². The molecule has 0 saturated carbocycles. The number of nitrogens with zero attached hydrogens (tertiary/aromatic N) is 2. The molecule has 0 radical (unpaired) electrons. The number of rotatable bonds is 11. The number of carbonyl (C=O) groups excluding carboxylic acids is 2. The van der Waals surface area contributed by atoms with E-state index in [1.54, 1.807) is 19.1 Å². The first-order valence-electron chi connectivity index (χ1n) is 13.7. The predicted octanol–water partition coefficient (Wildman–Crippen LogP) is 4.99. The van der Waals surface area contributed by atoms with E-state index in [0.717, 1.165) is 15.4 Å². The van der Waals surface area contributed by atoms with Gasteiger partial charge in [0.1, 0.15) is 18.4 Å². The molecule has 232 valence electrons. The molecule has 43 heavy (non-hydrogen) atoms. The van der Waals surface area contributed by atoms with Gasteiger partial charge >= 0.3 is 0 Å². The largest absolute Gasteiger partial charge is 0.493 e. The zero-order valence-electron chi connectivity index (χ0n) is 25.9. The first-order chi connectivity index (χ1) is 20.0. The molecule has 0 spiro atoms. The summed E-state index contributed by atoms with van der Waals surface area (Å²) >= 11 is 0. The number of hydrogen-bond donors (Lipinski definition) is 1. The molecule has 0 aliphatic rings. The molecular weight excluding hydrogens is 573 g/mol. The summed E-state index contributed by atoms with van der Waals surface area (Å²) in [6, 6.07) is 14.1. The second-order valence-electron chi connectivity index (χ2n) is 11.4. The number of hydrogen-bond acceptors (Lipinski definition) is 6. The summed E-state index contributed by atoms with van der Waals surface area (Å²) in [4.78, 5) is 28.5. The lowest BCUT2D eigenvalue weighted by Gasteiger charge is -2.33. The van der Waals surface area contributed by atoms with Crippen molar-refractivity contribution in [2.75, 3.05) is 25.1 Å². The number of halogens is 1. The predicted molar refractivity (Wildman–Crippen MR) is 164 cm³/mol. The van der Waals surface area contributed by atoms with Crippen LogP contribution in [0.3, 0.4) is 0 Å². The lowest BCUT2D eigenvalue weighted by Crippen LogP contribution is -2.54. The van der Waals surface area contributed by atoms with Gasteiger partial charge in [-0.2, -0.15) is 0 Å². The van der Waals surface area contributed by atoms with E-state index in [0.29, 0.717) is 11.3 Å². The molecule has 0 bridgehead atoms. The highest BCUT2D eigenvalue weighted by Crippen LogP contribution is 2.33. The average Bonchev–Trinajstić information content (AvgIpc) is 2.93. The molecule has 1 atom stereocenters. The van der Waals surface area contributed by atoms with Crippen LogP contribution in [0.25, 0.3) is 0 Å². The lowest BCUT2D eigenvalue weighted by atomic mass is 10.1. The summed E-state index contributed by atoms with van der Waals surface area (Å²) < 4.78 is 53.7. The molecule has 2 amide bonds. The molecule has 0 fully saturated rings. The Kier molecular flexibility index (Phi) is 10.4. The first kappa shape index (κ1) is 33.4. The second-order valence-corrected chi connectivity index (χ2v) is 13.3. The molecule has 0 aromatic heterocycles.